The first-order valence-corrected chi connectivity index (χ1v) is 8.62. The van der Waals surface area contributed by atoms with E-state index in [9.17, 15) is 4.79 Å². The van der Waals surface area contributed by atoms with Crippen molar-refractivity contribution in [1.82, 2.24) is 19.9 Å². The number of hydrogen-bond acceptors (Lipinski definition) is 3. The number of aromatic nitrogens is 3. The molecule has 0 aliphatic carbocycles. The molecular formula is C20H20N4O. The number of benzene rings is 2. The van der Waals surface area contributed by atoms with Gasteiger partial charge in [-0.15, -0.1) is 0 Å². The van der Waals surface area contributed by atoms with Gasteiger partial charge in [-0.1, -0.05) is 42.5 Å². The van der Waals surface area contributed by atoms with E-state index >= 15 is 0 Å². The molecule has 0 N–H and O–H groups in total. The average Bonchev–Trinajstić information content (AvgIpc) is 3.34. The summed E-state index contributed by atoms with van der Waals surface area (Å²) in [4.78, 5) is 16.5. The van der Waals surface area contributed by atoms with Gasteiger partial charge in [0.15, 0.2) is 0 Å². The van der Waals surface area contributed by atoms with Crippen LogP contribution in [0, 0.1) is 0 Å². The van der Waals surface area contributed by atoms with Crippen LogP contribution < -0.4 is 0 Å². The lowest BCUT2D eigenvalue weighted by molar-refractivity contribution is 0.0718. The molecule has 2 heterocycles. The van der Waals surface area contributed by atoms with Gasteiger partial charge in [0, 0.05) is 12.1 Å². The first kappa shape index (κ1) is 15.6. The third kappa shape index (κ3) is 3.31. The quantitative estimate of drug-likeness (QED) is 0.737. The van der Waals surface area contributed by atoms with Gasteiger partial charge in [-0.25, -0.2) is 0 Å². The Balaban J connectivity index is 1.50. The molecule has 0 radical (unpaired) electrons. The third-order valence-corrected chi connectivity index (χ3v) is 4.72. The van der Waals surface area contributed by atoms with Crippen LogP contribution in [0.1, 0.15) is 23.2 Å². The summed E-state index contributed by atoms with van der Waals surface area (Å²) < 4.78 is 0. The van der Waals surface area contributed by atoms with E-state index in [4.69, 9.17) is 0 Å². The molecule has 126 valence electrons. The smallest absolute Gasteiger partial charge is 0.254 e. The maximum Gasteiger partial charge on any atom is 0.254 e. The van der Waals surface area contributed by atoms with Gasteiger partial charge in [0.2, 0.25) is 0 Å². The Labute approximate surface area is 146 Å². The molecule has 3 aromatic rings. The van der Waals surface area contributed by atoms with E-state index in [1.807, 2.05) is 47.4 Å². The van der Waals surface area contributed by atoms with Gasteiger partial charge in [0.05, 0.1) is 25.0 Å². The molecular weight excluding hydrogens is 312 g/mol. The van der Waals surface area contributed by atoms with E-state index in [2.05, 4.69) is 22.3 Å². The molecule has 25 heavy (non-hydrogen) atoms. The van der Waals surface area contributed by atoms with Crippen molar-refractivity contribution in [3.63, 3.8) is 0 Å². The summed E-state index contributed by atoms with van der Waals surface area (Å²) in [6.45, 7) is 1.45. The van der Waals surface area contributed by atoms with E-state index < -0.39 is 0 Å². The highest BCUT2D eigenvalue weighted by molar-refractivity contribution is 5.95. The number of rotatable bonds is 4. The zero-order chi connectivity index (χ0) is 17.1. The SMILES string of the molecule is O=C(c1ccc(-c2ccccc2)cc1)N1CCCC1Cn1nccn1. The highest BCUT2D eigenvalue weighted by atomic mass is 16.2. The van der Waals surface area contributed by atoms with E-state index in [1.54, 1.807) is 17.2 Å². The second-order valence-electron chi connectivity index (χ2n) is 6.32. The predicted octanol–water partition coefficient (Wildman–Crippen LogP) is 3.25. The van der Waals surface area contributed by atoms with Crippen molar-refractivity contribution >= 4 is 5.91 Å². The van der Waals surface area contributed by atoms with Crippen molar-refractivity contribution in [2.75, 3.05) is 6.54 Å². The van der Waals surface area contributed by atoms with Crippen LogP contribution >= 0.6 is 0 Å². The summed E-state index contributed by atoms with van der Waals surface area (Å²) in [7, 11) is 0. The van der Waals surface area contributed by atoms with E-state index in [-0.39, 0.29) is 11.9 Å². The maximum absolute atomic E-state index is 12.9. The van der Waals surface area contributed by atoms with Crippen molar-refractivity contribution in [3.8, 4) is 11.1 Å². The lowest BCUT2D eigenvalue weighted by Gasteiger charge is -2.24. The summed E-state index contributed by atoms with van der Waals surface area (Å²) in [5.74, 6) is 0.0919. The van der Waals surface area contributed by atoms with Crippen molar-refractivity contribution in [3.05, 3.63) is 72.6 Å². The Bertz CT molecular complexity index is 828. The number of hydrogen-bond donors (Lipinski definition) is 0. The summed E-state index contributed by atoms with van der Waals surface area (Å²) in [5.41, 5.74) is 3.01. The van der Waals surface area contributed by atoms with E-state index in [0.29, 0.717) is 6.54 Å². The van der Waals surface area contributed by atoms with Crippen LogP contribution in [-0.2, 0) is 6.54 Å². The molecule has 1 aliphatic rings. The molecule has 5 nitrogen and oxygen atoms in total. The molecule has 1 fully saturated rings. The van der Waals surface area contributed by atoms with Gasteiger partial charge < -0.3 is 4.90 Å². The van der Waals surface area contributed by atoms with Gasteiger partial charge in [0.1, 0.15) is 0 Å². The summed E-state index contributed by atoms with van der Waals surface area (Å²) >= 11 is 0. The minimum absolute atomic E-state index is 0.0919. The minimum Gasteiger partial charge on any atom is -0.334 e. The van der Waals surface area contributed by atoms with Crippen LogP contribution in [-0.4, -0.2) is 38.4 Å². The predicted molar refractivity (Wildman–Crippen MR) is 96.0 cm³/mol. The normalized spacial score (nSPS) is 17.0. The lowest BCUT2D eigenvalue weighted by atomic mass is 10.0. The Kier molecular flexibility index (Phi) is 4.29. The Morgan fingerprint density at radius 3 is 2.36 bits per heavy atom. The van der Waals surface area contributed by atoms with E-state index in [0.717, 1.165) is 36.1 Å². The maximum atomic E-state index is 12.9. The number of likely N-dealkylation sites (tertiary alicyclic amines) is 1. The second kappa shape index (κ2) is 6.89. The number of nitrogens with zero attached hydrogens (tertiary/aromatic N) is 4. The molecule has 0 bridgehead atoms. The summed E-state index contributed by atoms with van der Waals surface area (Å²) in [6, 6.07) is 18.2. The highest BCUT2D eigenvalue weighted by Gasteiger charge is 2.30. The van der Waals surface area contributed by atoms with Gasteiger partial charge in [-0.3, -0.25) is 4.79 Å². The molecule has 4 rings (SSSR count). The minimum atomic E-state index is 0.0919. The summed E-state index contributed by atoms with van der Waals surface area (Å²) in [6.07, 6.45) is 5.36. The Morgan fingerprint density at radius 2 is 1.64 bits per heavy atom. The molecule has 1 atom stereocenters. The fraction of sp³-hybridized carbons (Fsp3) is 0.250. The zero-order valence-electron chi connectivity index (χ0n) is 14.0. The monoisotopic (exact) mass is 332 g/mol. The fourth-order valence-corrected chi connectivity index (χ4v) is 3.42. The van der Waals surface area contributed by atoms with Crippen molar-refractivity contribution in [2.24, 2.45) is 0 Å². The van der Waals surface area contributed by atoms with Gasteiger partial charge in [-0.2, -0.15) is 15.0 Å². The van der Waals surface area contributed by atoms with Crippen LogP contribution in [0.25, 0.3) is 11.1 Å². The van der Waals surface area contributed by atoms with Crippen molar-refractivity contribution in [2.45, 2.75) is 25.4 Å². The topological polar surface area (TPSA) is 51.0 Å². The number of carbonyl (C=O) groups excluding carboxylic acids is 1. The molecule has 2 aromatic carbocycles. The molecule has 0 spiro atoms. The highest BCUT2D eigenvalue weighted by Crippen LogP contribution is 2.23. The molecule has 1 aromatic heterocycles. The lowest BCUT2D eigenvalue weighted by Crippen LogP contribution is -2.38. The Hall–Kier alpha value is -2.95. The molecule has 5 heteroatoms. The number of amides is 1. The molecule has 1 saturated heterocycles. The van der Waals surface area contributed by atoms with Crippen molar-refractivity contribution in [1.29, 1.82) is 0 Å². The summed E-state index contributed by atoms with van der Waals surface area (Å²) in [5, 5.41) is 8.32. The fourth-order valence-electron chi connectivity index (χ4n) is 3.42. The van der Waals surface area contributed by atoms with Crippen LogP contribution in [0.15, 0.2) is 67.0 Å². The first-order chi connectivity index (χ1) is 12.3. The largest absolute Gasteiger partial charge is 0.334 e. The molecule has 0 saturated carbocycles. The van der Waals surface area contributed by atoms with Gasteiger partial charge in [-0.05, 0) is 36.1 Å². The van der Waals surface area contributed by atoms with E-state index in [1.165, 1.54) is 0 Å². The second-order valence-corrected chi connectivity index (χ2v) is 6.32. The van der Waals surface area contributed by atoms with Crippen molar-refractivity contribution < 1.29 is 4.79 Å². The van der Waals surface area contributed by atoms with Crippen LogP contribution in [0.3, 0.4) is 0 Å². The molecule has 1 unspecified atom stereocenters. The van der Waals surface area contributed by atoms with Crippen LogP contribution in [0.2, 0.25) is 0 Å². The Morgan fingerprint density at radius 1 is 0.960 bits per heavy atom. The zero-order valence-corrected chi connectivity index (χ0v) is 14.0. The first-order valence-electron chi connectivity index (χ1n) is 8.62. The van der Waals surface area contributed by atoms with Gasteiger partial charge >= 0.3 is 0 Å². The molecule has 1 amide bonds. The number of carbonyl (C=O) groups is 1. The van der Waals surface area contributed by atoms with Crippen LogP contribution in [0.5, 0.6) is 0 Å². The standard InChI is InChI=1S/C20H20N4O/c25-20(23-14-4-7-19(23)15-24-21-12-13-22-24)18-10-8-17(9-11-18)16-5-2-1-3-6-16/h1-3,5-6,8-13,19H,4,7,14-15H2. The van der Waals surface area contributed by atoms with Gasteiger partial charge in [0.25, 0.3) is 5.91 Å². The molecule has 1 aliphatic heterocycles. The third-order valence-electron chi connectivity index (χ3n) is 4.72. The average molecular weight is 332 g/mol. The van der Waals surface area contributed by atoms with Crippen LogP contribution in [0.4, 0.5) is 0 Å².